The lowest BCUT2D eigenvalue weighted by Gasteiger charge is -2.16. The molecule has 1 aliphatic rings. The van der Waals surface area contributed by atoms with Crippen molar-refractivity contribution in [1.82, 2.24) is 24.8 Å². The van der Waals surface area contributed by atoms with Crippen molar-refractivity contribution in [1.29, 1.82) is 0 Å². The highest BCUT2D eigenvalue weighted by Gasteiger charge is 2.34. The number of aromatic nitrogens is 4. The van der Waals surface area contributed by atoms with Crippen molar-refractivity contribution in [2.75, 3.05) is 12.4 Å². The van der Waals surface area contributed by atoms with Gasteiger partial charge in [0.05, 0.1) is 53.1 Å². The Morgan fingerprint density at radius 2 is 1.82 bits per heavy atom. The number of halogens is 5. The van der Waals surface area contributed by atoms with Gasteiger partial charge in [-0.05, 0) is 25.1 Å². The summed E-state index contributed by atoms with van der Waals surface area (Å²) in [7, 11) is 1.48. The standard InChI is InChI=1S/C25H17Cl2F3N6O3S/c1-11-3-13(14-5-20(27)32-8-18(14)39-2)15(7-31-11)22(37)35-24-34-17-9-36(10-19(17)40-24)23(38)21-16(26)4-12(6-33-21)25(28,29)30/h3-8H,9-10H2,1-2H3,(H,34,35,37). The molecule has 0 spiro atoms. The predicted octanol–water partition coefficient (Wildman–Crippen LogP) is 6.05. The van der Waals surface area contributed by atoms with Crippen LogP contribution in [-0.2, 0) is 19.3 Å². The van der Waals surface area contributed by atoms with Gasteiger partial charge in [-0.3, -0.25) is 19.9 Å². The fourth-order valence-electron chi connectivity index (χ4n) is 4.06. The van der Waals surface area contributed by atoms with Gasteiger partial charge in [0.1, 0.15) is 16.6 Å². The summed E-state index contributed by atoms with van der Waals surface area (Å²) in [6.07, 6.45) is -1.16. The minimum atomic E-state index is -4.63. The Labute approximate surface area is 239 Å². The molecule has 206 valence electrons. The average Bonchev–Trinajstić information content (AvgIpc) is 3.46. The highest BCUT2D eigenvalue weighted by molar-refractivity contribution is 7.16. The zero-order valence-corrected chi connectivity index (χ0v) is 23.0. The van der Waals surface area contributed by atoms with Gasteiger partial charge < -0.3 is 9.64 Å². The zero-order valence-electron chi connectivity index (χ0n) is 20.6. The number of methoxy groups -OCH3 is 1. The van der Waals surface area contributed by atoms with Gasteiger partial charge in [-0.25, -0.2) is 15.0 Å². The zero-order chi connectivity index (χ0) is 28.8. The van der Waals surface area contributed by atoms with Gasteiger partial charge >= 0.3 is 6.18 Å². The minimum Gasteiger partial charge on any atom is -0.494 e. The lowest BCUT2D eigenvalue weighted by atomic mass is 10.0. The van der Waals surface area contributed by atoms with E-state index in [0.717, 1.165) is 0 Å². The molecule has 5 rings (SSSR count). The molecule has 4 aromatic rings. The van der Waals surface area contributed by atoms with Gasteiger partial charge in [-0.1, -0.05) is 34.5 Å². The van der Waals surface area contributed by atoms with E-state index in [-0.39, 0.29) is 29.5 Å². The fourth-order valence-corrected chi connectivity index (χ4v) is 5.44. The van der Waals surface area contributed by atoms with Crippen LogP contribution in [0, 0.1) is 6.92 Å². The van der Waals surface area contributed by atoms with Crippen LogP contribution in [0.3, 0.4) is 0 Å². The summed E-state index contributed by atoms with van der Waals surface area (Å²) in [6, 6.07) is 3.99. The van der Waals surface area contributed by atoms with Gasteiger partial charge in [0.25, 0.3) is 11.8 Å². The van der Waals surface area contributed by atoms with E-state index >= 15 is 0 Å². The molecule has 0 saturated heterocycles. The molecule has 1 aliphatic heterocycles. The normalized spacial score (nSPS) is 12.8. The number of carbonyl (C=O) groups excluding carboxylic acids is 2. The second-order valence-corrected chi connectivity index (χ2v) is 10.5. The summed E-state index contributed by atoms with van der Waals surface area (Å²) in [5.74, 6) is -0.682. The van der Waals surface area contributed by atoms with E-state index in [1.165, 1.54) is 35.7 Å². The number of pyridine rings is 3. The van der Waals surface area contributed by atoms with Gasteiger partial charge in [-0.15, -0.1) is 0 Å². The molecule has 2 amide bonds. The van der Waals surface area contributed by atoms with Crippen LogP contribution in [0.5, 0.6) is 5.75 Å². The average molecular weight is 609 g/mol. The minimum absolute atomic E-state index is 0.0730. The number of ether oxygens (including phenoxy) is 1. The van der Waals surface area contributed by atoms with Crippen LogP contribution in [0.25, 0.3) is 11.1 Å². The third-order valence-corrected chi connectivity index (χ3v) is 7.45. The van der Waals surface area contributed by atoms with E-state index < -0.39 is 28.6 Å². The first-order valence-electron chi connectivity index (χ1n) is 11.4. The topological polar surface area (TPSA) is 110 Å². The van der Waals surface area contributed by atoms with Gasteiger partial charge in [0, 0.05) is 29.2 Å². The monoisotopic (exact) mass is 608 g/mol. The maximum atomic E-state index is 13.3. The molecule has 0 fully saturated rings. The van der Waals surface area contributed by atoms with E-state index in [0.29, 0.717) is 50.5 Å². The molecule has 0 aliphatic carbocycles. The number of carbonyl (C=O) groups is 2. The molecule has 0 saturated carbocycles. The largest absolute Gasteiger partial charge is 0.494 e. The van der Waals surface area contributed by atoms with E-state index in [1.807, 2.05) is 0 Å². The highest BCUT2D eigenvalue weighted by Crippen LogP contribution is 2.36. The van der Waals surface area contributed by atoms with Crippen molar-refractivity contribution in [2.24, 2.45) is 0 Å². The number of hydrogen-bond donors (Lipinski definition) is 1. The lowest BCUT2D eigenvalue weighted by molar-refractivity contribution is -0.137. The first kappa shape index (κ1) is 27.7. The van der Waals surface area contributed by atoms with Crippen LogP contribution in [0.15, 0.2) is 36.8 Å². The Morgan fingerprint density at radius 1 is 1.05 bits per heavy atom. The van der Waals surface area contributed by atoms with Gasteiger partial charge in [-0.2, -0.15) is 13.2 Å². The van der Waals surface area contributed by atoms with Crippen LogP contribution in [0.2, 0.25) is 10.2 Å². The Bertz CT molecular complexity index is 1640. The Morgan fingerprint density at radius 3 is 2.50 bits per heavy atom. The third-order valence-electron chi connectivity index (χ3n) is 5.96. The second-order valence-electron chi connectivity index (χ2n) is 8.63. The predicted molar refractivity (Wildman–Crippen MR) is 142 cm³/mol. The number of fused-ring (bicyclic) bond motifs is 1. The molecule has 5 heterocycles. The van der Waals surface area contributed by atoms with Gasteiger partial charge in [0.15, 0.2) is 5.13 Å². The Kier molecular flexibility index (Phi) is 7.38. The van der Waals surface area contributed by atoms with Crippen molar-refractivity contribution in [3.63, 3.8) is 0 Å². The van der Waals surface area contributed by atoms with Crippen LogP contribution >= 0.6 is 34.5 Å². The number of rotatable bonds is 5. The molecule has 0 radical (unpaired) electrons. The number of hydrogen-bond acceptors (Lipinski definition) is 8. The molecule has 40 heavy (non-hydrogen) atoms. The molecule has 1 N–H and O–H groups in total. The maximum absolute atomic E-state index is 13.3. The second kappa shape index (κ2) is 10.6. The number of anilines is 1. The number of thiazole rings is 1. The molecule has 0 aromatic carbocycles. The molecule has 0 unspecified atom stereocenters. The molecule has 0 atom stereocenters. The van der Waals surface area contributed by atoms with E-state index in [9.17, 15) is 22.8 Å². The SMILES string of the molecule is COc1cnc(Cl)cc1-c1cc(C)ncc1C(=O)Nc1nc2c(s1)CN(C(=O)c1ncc(C(F)(F)F)cc1Cl)C2. The Hall–Kier alpha value is -3.81. The summed E-state index contributed by atoms with van der Waals surface area (Å²) >= 11 is 13.2. The number of aryl methyl sites for hydroxylation is 1. The summed E-state index contributed by atoms with van der Waals surface area (Å²) in [6.45, 7) is 1.99. The maximum Gasteiger partial charge on any atom is 0.417 e. The van der Waals surface area contributed by atoms with E-state index in [4.69, 9.17) is 27.9 Å². The molecule has 9 nitrogen and oxygen atoms in total. The van der Waals surface area contributed by atoms with Crippen LogP contribution in [0.4, 0.5) is 18.3 Å². The Balaban J connectivity index is 1.33. The summed E-state index contributed by atoms with van der Waals surface area (Å²) in [5.41, 5.74) is 1.22. The molecule has 0 bridgehead atoms. The number of amides is 2. The summed E-state index contributed by atoms with van der Waals surface area (Å²) in [5, 5.41) is 2.90. The summed E-state index contributed by atoms with van der Waals surface area (Å²) in [4.78, 5) is 44.6. The van der Waals surface area contributed by atoms with Crippen molar-refractivity contribution < 1.29 is 27.5 Å². The van der Waals surface area contributed by atoms with Gasteiger partial charge in [0.2, 0.25) is 0 Å². The molecule has 15 heteroatoms. The van der Waals surface area contributed by atoms with Crippen LogP contribution < -0.4 is 10.1 Å². The summed E-state index contributed by atoms with van der Waals surface area (Å²) < 4.78 is 44.1. The van der Waals surface area contributed by atoms with Crippen molar-refractivity contribution in [3.05, 3.63) is 80.1 Å². The first-order valence-corrected chi connectivity index (χ1v) is 13.0. The fraction of sp³-hybridized carbons (Fsp3) is 0.200. The van der Waals surface area contributed by atoms with E-state index in [1.54, 1.807) is 19.1 Å². The van der Waals surface area contributed by atoms with E-state index in [2.05, 4.69) is 25.3 Å². The smallest absolute Gasteiger partial charge is 0.417 e. The number of alkyl halides is 3. The number of nitrogens with zero attached hydrogens (tertiary/aromatic N) is 5. The quantitative estimate of drug-likeness (QED) is 0.275. The highest BCUT2D eigenvalue weighted by atomic mass is 35.5. The van der Waals surface area contributed by atoms with Crippen LogP contribution in [-0.4, -0.2) is 43.8 Å². The van der Waals surface area contributed by atoms with Crippen molar-refractivity contribution in [2.45, 2.75) is 26.2 Å². The molecular weight excluding hydrogens is 592 g/mol. The van der Waals surface area contributed by atoms with Crippen molar-refractivity contribution >= 4 is 51.5 Å². The molecular formula is C25H17Cl2F3N6O3S. The molecule has 4 aromatic heterocycles. The lowest BCUT2D eigenvalue weighted by Crippen LogP contribution is -2.27. The third kappa shape index (κ3) is 5.44. The number of nitrogens with one attached hydrogen (secondary N) is 1. The van der Waals surface area contributed by atoms with Crippen molar-refractivity contribution in [3.8, 4) is 16.9 Å². The first-order chi connectivity index (χ1) is 18.9. The van der Waals surface area contributed by atoms with Crippen LogP contribution in [0.1, 0.15) is 42.7 Å².